The molecule has 4 N–H and O–H groups in total. The highest BCUT2D eigenvalue weighted by molar-refractivity contribution is 5.73. The molecule has 6 fully saturated rings. The Balaban J connectivity index is 1.55. The van der Waals surface area contributed by atoms with Gasteiger partial charge in [0, 0.05) is 41.1 Å². The standard InChI is InChI=1S/C29H38O11/c1-7-26-24(5)16(10-17(30)31)23(4)13-27(24)28(35,20(23)34)21-29(26,40-25(6,38-26)39-27)15(11-18(32)37-21)22(2,3)19(33)14-8-9-36-12-14/h8-9,12,15-16,19-21,33-35H,7,10-11,13H2,1-6H3,(H,30,31). The van der Waals surface area contributed by atoms with Crippen molar-refractivity contribution in [1.29, 1.82) is 0 Å². The Morgan fingerprint density at radius 2 is 1.90 bits per heavy atom. The molecule has 0 aromatic carbocycles. The van der Waals surface area contributed by atoms with Crippen LogP contribution in [-0.4, -0.2) is 73.0 Å². The van der Waals surface area contributed by atoms with Crippen LogP contribution in [0.1, 0.15) is 78.9 Å². The minimum atomic E-state index is -2.14. The summed E-state index contributed by atoms with van der Waals surface area (Å²) in [5.41, 5.74) is -9.50. The summed E-state index contributed by atoms with van der Waals surface area (Å²) < 4.78 is 31.7. The summed E-state index contributed by atoms with van der Waals surface area (Å²) in [4.78, 5) is 25.8. The number of ether oxygens (including phenoxy) is 4. The zero-order valence-electron chi connectivity index (χ0n) is 23.6. The van der Waals surface area contributed by atoms with E-state index in [2.05, 4.69) is 0 Å². The normalized spacial score (nSPS) is 54.4. The van der Waals surface area contributed by atoms with E-state index in [0.717, 1.165) is 0 Å². The molecule has 220 valence electrons. The second-order valence-corrected chi connectivity index (χ2v) is 14.1. The molecule has 1 aromatic rings. The van der Waals surface area contributed by atoms with E-state index in [1.165, 1.54) is 12.5 Å². The second kappa shape index (κ2) is 7.12. The Morgan fingerprint density at radius 1 is 1.20 bits per heavy atom. The van der Waals surface area contributed by atoms with E-state index in [1.807, 2.05) is 27.7 Å². The van der Waals surface area contributed by atoms with Gasteiger partial charge in [0.2, 0.25) is 0 Å². The number of hydrogen-bond donors (Lipinski definition) is 4. The molecule has 7 rings (SSSR count). The van der Waals surface area contributed by atoms with Crippen LogP contribution in [-0.2, 0) is 28.5 Å². The van der Waals surface area contributed by atoms with E-state index < -0.39 is 86.7 Å². The van der Waals surface area contributed by atoms with Gasteiger partial charge in [0.05, 0.1) is 31.2 Å². The Hall–Kier alpha value is -2.02. The average Bonchev–Trinajstić information content (AvgIpc) is 3.56. The molecule has 0 amide bonds. The fourth-order valence-electron chi connectivity index (χ4n) is 11.2. The molecular weight excluding hydrogens is 524 g/mol. The van der Waals surface area contributed by atoms with Crippen LogP contribution in [0.3, 0.4) is 0 Å². The monoisotopic (exact) mass is 562 g/mol. The van der Waals surface area contributed by atoms with Gasteiger partial charge in [-0.05, 0) is 24.8 Å². The van der Waals surface area contributed by atoms with Gasteiger partial charge < -0.3 is 43.8 Å². The van der Waals surface area contributed by atoms with E-state index in [1.54, 1.807) is 19.9 Å². The minimum Gasteiger partial charge on any atom is -0.481 e. The Morgan fingerprint density at radius 3 is 2.50 bits per heavy atom. The molecule has 12 atom stereocenters. The van der Waals surface area contributed by atoms with E-state index in [9.17, 15) is 30.0 Å². The molecule has 11 heteroatoms. The maximum absolute atomic E-state index is 13.4. The molecule has 4 heterocycles. The van der Waals surface area contributed by atoms with Crippen LogP contribution < -0.4 is 0 Å². The summed E-state index contributed by atoms with van der Waals surface area (Å²) in [6.07, 6.45) is -1.15. The van der Waals surface area contributed by atoms with Crippen molar-refractivity contribution in [2.24, 2.45) is 28.1 Å². The van der Waals surface area contributed by atoms with Crippen LogP contribution in [0.4, 0.5) is 0 Å². The first kappa shape index (κ1) is 26.9. The highest BCUT2D eigenvalue weighted by Crippen LogP contribution is 2.88. The highest BCUT2D eigenvalue weighted by atomic mass is 16.9. The number of carboxylic acid groups (broad SMARTS) is 1. The number of carbonyl (C=O) groups is 2. The lowest BCUT2D eigenvalue weighted by atomic mass is 9.36. The van der Waals surface area contributed by atoms with Crippen molar-refractivity contribution in [3.05, 3.63) is 24.2 Å². The third kappa shape index (κ3) is 2.31. The number of carboxylic acids is 1. The van der Waals surface area contributed by atoms with Gasteiger partial charge in [0.15, 0.2) is 11.7 Å². The molecule has 11 nitrogen and oxygen atoms in total. The lowest BCUT2D eigenvalue weighted by Gasteiger charge is -2.75. The molecule has 1 aromatic heterocycles. The Kier molecular flexibility index (Phi) is 4.78. The molecular formula is C29H38O11. The zero-order chi connectivity index (χ0) is 29.1. The Labute approximate surface area is 231 Å². The molecule has 40 heavy (non-hydrogen) atoms. The average molecular weight is 563 g/mol. The van der Waals surface area contributed by atoms with Gasteiger partial charge in [-0.25, -0.2) is 0 Å². The van der Waals surface area contributed by atoms with Crippen molar-refractivity contribution in [3.8, 4) is 0 Å². The maximum Gasteiger partial charge on any atom is 0.306 e. The van der Waals surface area contributed by atoms with Gasteiger partial charge in [0.1, 0.15) is 16.8 Å². The summed E-state index contributed by atoms with van der Waals surface area (Å²) in [7, 11) is 0. The van der Waals surface area contributed by atoms with Crippen molar-refractivity contribution < 1.29 is 53.4 Å². The minimum absolute atomic E-state index is 0.131. The smallest absolute Gasteiger partial charge is 0.306 e. The van der Waals surface area contributed by atoms with E-state index in [0.29, 0.717) is 12.0 Å². The van der Waals surface area contributed by atoms with Crippen LogP contribution >= 0.6 is 0 Å². The summed E-state index contributed by atoms with van der Waals surface area (Å²) in [5.74, 6) is -4.84. The highest BCUT2D eigenvalue weighted by Gasteiger charge is 3.02. The predicted octanol–water partition coefficient (Wildman–Crippen LogP) is 2.27. The number of esters is 1. The topological polar surface area (TPSA) is 165 Å². The van der Waals surface area contributed by atoms with Gasteiger partial charge in [0.25, 0.3) is 5.97 Å². The first-order valence-corrected chi connectivity index (χ1v) is 14.1. The number of aliphatic carboxylic acids is 1. The number of aliphatic hydroxyl groups is 3. The van der Waals surface area contributed by atoms with Crippen LogP contribution in [0.5, 0.6) is 0 Å². The zero-order valence-corrected chi connectivity index (χ0v) is 23.6. The molecule has 3 saturated heterocycles. The lowest BCUT2D eigenvalue weighted by Crippen LogP contribution is -2.93. The molecule has 6 aliphatic rings. The van der Waals surface area contributed by atoms with E-state index in [-0.39, 0.29) is 19.3 Å². The third-order valence-electron chi connectivity index (χ3n) is 12.5. The quantitative estimate of drug-likeness (QED) is 0.376. The molecule has 3 aliphatic carbocycles. The van der Waals surface area contributed by atoms with Crippen LogP contribution in [0.25, 0.3) is 0 Å². The van der Waals surface area contributed by atoms with Gasteiger partial charge in [-0.3, -0.25) is 9.59 Å². The first-order valence-electron chi connectivity index (χ1n) is 14.1. The molecule has 4 bridgehead atoms. The van der Waals surface area contributed by atoms with E-state index in [4.69, 9.17) is 23.4 Å². The summed E-state index contributed by atoms with van der Waals surface area (Å²) in [5, 5.41) is 46.7. The largest absolute Gasteiger partial charge is 0.481 e. The van der Waals surface area contributed by atoms with Gasteiger partial charge >= 0.3 is 11.9 Å². The number of aliphatic hydroxyl groups excluding tert-OH is 2. The lowest BCUT2D eigenvalue weighted by molar-refractivity contribution is -0.475. The Bertz CT molecular complexity index is 1310. The summed E-state index contributed by atoms with van der Waals surface area (Å²) in [6, 6.07) is 1.65. The fraction of sp³-hybridized carbons (Fsp3) is 0.793. The summed E-state index contributed by atoms with van der Waals surface area (Å²) >= 11 is 0. The number of hydrogen-bond acceptors (Lipinski definition) is 10. The van der Waals surface area contributed by atoms with Crippen molar-refractivity contribution in [2.75, 3.05) is 0 Å². The fourth-order valence-corrected chi connectivity index (χ4v) is 11.2. The van der Waals surface area contributed by atoms with Crippen molar-refractivity contribution in [2.45, 2.75) is 114 Å². The van der Waals surface area contributed by atoms with Gasteiger partial charge in [-0.2, -0.15) is 0 Å². The third-order valence-corrected chi connectivity index (χ3v) is 12.5. The molecule has 2 spiro atoms. The predicted molar refractivity (Wildman–Crippen MR) is 133 cm³/mol. The second-order valence-electron chi connectivity index (χ2n) is 14.1. The van der Waals surface area contributed by atoms with Crippen LogP contribution in [0, 0.1) is 28.1 Å². The summed E-state index contributed by atoms with van der Waals surface area (Å²) in [6.45, 7) is 10.8. The number of rotatable bonds is 6. The van der Waals surface area contributed by atoms with Crippen LogP contribution in [0.2, 0.25) is 0 Å². The maximum atomic E-state index is 13.4. The van der Waals surface area contributed by atoms with Crippen molar-refractivity contribution in [1.82, 2.24) is 0 Å². The molecule has 3 aliphatic heterocycles. The van der Waals surface area contributed by atoms with Gasteiger partial charge in [-0.15, -0.1) is 0 Å². The number of furan rings is 1. The van der Waals surface area contributed by atoms with Crippen LogP contribution in [0.15, 0.2) is 23.0 Å². The molecule has 12 unspecified atom stereocenters. The number of fused-ring (bicyclic) bond motifs is 3. The molecule has 3 saturated carbocycles. The van der Waals surface area contributed by atoms with Crippen molar-refractivity contribution >= 4 is 11.9 Å². The van der Waals surface area contributed by atoms with Crippen molar-refractivity contribution in [3.63, 3.8) is 0 Å². The molecule has 0 radical (unpaired) electrons. The van der Waals surface area contributed by atoms with E-state index >= 15 is 0 Å². The first-order chi connectivity index (χ1) is 18.5. The van der Waals surface area contributed by atoms with Gasteiger partial charge in [-0.1, -0.05) is 34.6 Å². The number of carbonyl (C=O) groups excluding carboxylic acids is 1. The SMILES string of the molecule is CCC12OC3(C)OC14C(C(C)(C)C(O)c1ccoc1)CC(=O)OC4C1(O)C(O)C4(C)CC1(O3)C2(C)C4CC(=O)O.